The van der Waals surface area contributed by atoms with Gasteiger partial charge in [-0.3, -0.25) is 14.9 Å². The number of hydrogen-bond donors (Lipinski definition) is 1. The Morgan fingerprint density at radius 2 is 1.88 bits per heavy atom. The zero-order chi connectivity index (χ0) is 23.4. The number of benzene rings is 2. The number of nitrogens with zero attached hydrogens (tertiary/aromatic N) is 4. The molecule has 0 atom stereocenters. The molecule has 166 valence electrons. The number of nitro benzene ring substituents is 1. The van der Waals surface area contributed by atoms with Crippen molar-refractivity contribution in [1.29, 1.82) is 0 Å². The quantitative estimate of drug-likeness (QED) is 0.248. The fourth-order valence-corrected chi connectivity index (χ4v) is 3.55. The van der Waals surface area contributed by atoms with Gasteiger partial charge in [-0.25, -0.2) is 13.9 Å². The predicted molar refractivity (Wildman–Crippen MR) is 117 cm³/mol. The van der Waals surface area contributed by atoms with Crippen molar-refractivity contribution in [2.45, 2.75) is 0 Å². The molecule has 0 aliphatic carbocycles. The van der Waals surface area contributed by atoms with Crippen molar-refractivity contribution in [2.75, 3.05) is 11.9 Å². The summed E-state index contributed by atoms with van der Waals surface area (Å²) in [6.07, 6.45) is 0. The van der Waals surface area contributed by atoms with Gasteiger partial charge in [-0.15, -0.1) is 16.4 Å². The Morgan fingerprint density at radius 1 is 1.12 bits per heavy atom. The monoisotopic (exact) mass is 467 g/mol. The number of hydrogen-bond acceptors (Lipinski definition) is 8. The summed E-state index contributed by atoms with van der Waals surface area (Å²) in [6, 6.07) is 14.6. The van der Waals surface area contributed by atoms with E-state index < -0.39 is 29.2 Å². The van der Waals surface area contributed by atoms with Crippen LogP contribution >= 0.6 is 11.3 Å². The Balaban J connectivity index is 1.51. The van der Waals surface area contributed by atoms with E-state index in [4.69, 9.17) is 4.74 Å². The number of aromatic nitrogens is 3. The van der Waals surface area contributed by atoms with Crippen LogP contribution in [0.1, 0.15) is 10.6 Å². The number of ether oxygens (including phenoxy) is 1. The molecule has 33 heavy (non-hydrogen) atoms. The van der Waals surface area contributed by atoms with Crippen molar-refractivity contribution < 1.29 is 23.6 Å². The molecule has 0 fully saturated rings. The van der Waals surface area contributed by atoms with Crippen molar-refractivity contribution in [3.63, 3.8) is 0 Å². The summed E-state index contributed by atoms with van der Waals surface area (Å²) in [7, 11) is 0. The molecule has 0 aliphatic heterocycles. The lowest BCUT2D eigenvalue weighted by Gasteiger charge is -2.06. The minimum Gasteiger partial charge on any atom is -0.450 e. The van der Waals surface area contributed by atoms with E-state index in [9.17, 15) is 24.1 Å². The van der Waals surface area contributed by atoms with E-state index in [1.54, 1.807) is 12.1 Å². The summed E-state index contributed by atoms with van der Waals surface area (Å²) in [4.78, 5) is 40.0. The first-order valence-electron chi connectivity index (χ1n) is 9.39. The van der Waals surface area contributed by atoms with Gasteiger partial charge in [0.25, 0.3) is 17.4 Å². The van der Waals surface area contributed by atoms with Crippen LogP contribution in [0.3, 0.4) is 0 Å². The van der Waals surface area contributed by atoms with Gasteiger partial charge < -0.3 is 10.1 Å². The largest absolute Gasteiger partial charge is 0.450 e. The van der Waals surface area contributed by atoms with Crippen molar-refractivity contribution in [3.8, 4) is 16.4 Å². The molecule has 0 saturated carbocycles. The number of carbonyl (C=O) groups is 2. The molecular formula is C21H14FN5O5S. The second-order valence-corrected chi connectivity index (χ2v) is 7.47. The SMILES string of the molecule is O=C(COC(=O)c1nc(-c2cccs2)n(-c2ccc(F)cc2)n1)Nc1ccccc1[N+](=O)[O-]. The summed E-state index contributed by atoms with van der Waals surface area (Å²) in [5.74, 6) is -2.13. The van der Waals surface area contributed by atoms with Gasteiger partial charge in [-0.1, -0.05) is 18.2 Å². The van der Waals surface area contributed by atoms with Crippen LogP contribution < -0.4 is 5.32 Å². The van der Waals surface area contributed by atoms with E-state index in [1.807, 2.05) is 5.38 Å². The zero-order valence-corrected chi connectivity index (χ0v) is 17.5. The molecule has 2 heterocycles. The van der Waals surface area contributed by atoms with E-state index in [0.717, 1.165) is 0 Å². The van der Waals surface area contributed by atoms with E-state index in [1.165, 1.54) is 64.5 Å². The lowest BCUT2D eigenvalue weighted by Crippen LogP contribution is -2.22. The number of esters is 1. The highest BCUT2D eigenvalue weighted by molar-refractivity contribution is 7.13. The average molecular weight is 467 g/mol. The topological polar surface area (TPSA) is 129 Å². The Labute approximate surface area is 189 Å². The maximum atomic E-state index is 13.3. The number of thiophene rings is 1. The highest BCUT2D eigenvalue weighted by Crippen LogP contribution is 2.26. The molecule has 4 rings (SSSR count). The van der Waals surface area contributed by atoms with Gasteiger partial charge >= 0.3 is 5.97 Å². The Bertz CT molecular complexity index is 1320. The van der Waals surface area contributed by atoms with Gasteiger partial charge in [0.1, 0.15) is 11.5 Å². The van der Waals surface area contributed by atoms with E-state index in [2.05, 4.69) is 15.4 Å². The average Bonchev–Trinajstić information content (AvgIpc) is 3.48. The van der Waals surface area contributed by atoms with Crippen LogP contribution in [-0.4, -0.2) is 38.2 Å². The van der Waals surface area contributed by atoms with E-state index in [-0.39, 0.29) is 17.2 Å². The number of halogens is 1. The highest BCUT2D eigenvalue weighted by Gasteiger charge is 2.22. The molecule has 2 aromatic heterocycles. The minimum atomic E-state index is -0.966. The van der Waals surface area contributed by atoms with Gasteiger partial charge in [0.2, 0.25) is 0 Å². The first-order valence-corrected chi connectivity index (χ1v) is 10.3. The number of rotatable bonds is 7. The van der Waals surface area contributed by atoms with Crippen LogP contribution in [0.25, 0.3) is 16.4 Å². The second kappa shape index (κ2) is 9.36. The third-order valence-corrected chi connectivity index (χ3v) is 5.18. The Hall–Kier alpha value is -4.45. The molecule has 2 aromatic carbocycles. The summed E-state index contributed by atoms with van der Waals surface area (Å²) >= 11 is 1.37. The number of nitrogens with one attached hydrogen (secondary N) is 1. The Kier molecular flexibility index (Phi) is 6.17. The summed E-state index contributed by atoms with van der Waals surface area (Å²) in [6.45, 7) is -0.704. The normalized spacial score (nSPS) is 10.6. The van der Waals surface area contributed by atoms with Gasteiger partial charge in [0, 0.05) is 6.07 Å². The van der Waals surface area contributed by atoms with Gasteiger partial charge in [0.15, 0.2) is 12.4 Å². The number of para-hydroxylation sites is 2. The zero-order valence-electron chi connectivity index (χ0n) is 16.7. The van der Waals surface area contributed by atoms with Crippen molar-refractivity contribution in [1.82, 2.24) is 14.8 Å². The molecule has 4 aromatic rings. The fraction of sp³-hybridized carbons (Fsp3) is 0.0476. The number of anilines is 1. The third-order valence-electron chi connectivity index (χ3n) is 4.31. The van der Waals surface area contributed by atoms with Crippen LogP contribution in [0.2, 0.25) is 0 Å². The van der Waals surface area contributed by atoms with E-state index >= 15 is 0 Å². The molecule has 0 saturated heterocycles. The Morgan fingerprint density at radius 3 is 2.58 bits per heavy atom. The standard InChI is InChI=1S/C21H14FN5O5S/c22-13-7-9-14(10-8-13)26-20(17-6-3-11-33-17)24-19(25-26)21(29)32-12-18(28)23-15-4-1-2-5-16(15)27(30)31/h1-11H,12H2,(H,23,28). The van der Waals surface area contributed by atoms with Crippen molar-refractivity contribution in [2.24, 2.45) is 0 Å². The molecule has 1 N–H and O–H groups in total. The van der Waals surface area contributed by atoms with Crippen LogP contribution in [0.5, 0.6) is 0 Å². The maximum Gasteiger partial charge on any atom is 0.378 e. The fourth-order valence-electron chi connectivity index (χ4n) is 2.85. The molecular weight excluding hydrogens is 453 g/mol. The lowest BCUT2D eigenvalue weighted by molar-refractivity contribution is -0.383. The maximum absolute atomic E-state index is 13.3. The smallest absolute Gasteiger partial charge is 0.378 e. The number of carbonyl (C=O) groups excluding carboxylic acids is 2. The van der Waals surface area contributed by atoms with Gasteiger partial charge in [0.05, 0.1) is 15.5 Å². The number of nitro groups is 1. The van der Waals surface area contributed by atoms with E-state index in [0.29, 0.717) is 16.4 Å². The molecule has 0 aliphatic rings. The molecule has 12 heteroatoms. The van der Waals surface area contributed by atoms with Crippen molar-refractivity contribution in [3.05, 3.63) is 87.8 Å². The van der Waals surface area contributed by atoms with Crippen LogP contribution in [0.4, 0.5) is 15.8 Å². The highest BCUT2D eigenvalue weighted by atomic mass is 32.1. The van der Waals surface area contributed by atoms with Crippen LogP contribution in [-0.2, 0) is 9.53 Å². The van der Waals surface area contributed by atoms with Crippen molar-refractivity contribution >= 4 is 34.6 Å². The van der Waals surface area contributed by atoms with Crippen LogP contribution in [0.15, 0.2) is 66.0 Å². The summed E-state index contributed by atoms with van der Waals surface area (Å²) < 4.78 is 19.7. The van der Waals surface area contributed by atoms with Gasteiger partial charge in [-0.2, -0.15) is 4.98 Å². The summed E-state index contributed by atoms with van der Waals surface area (Å²) in [5.41, 5.74) is 0.153. The molecule has 0 unspecified atom stereocenters. The molecule has 10 nitrogen and oxygen atoms in total. The first kappa shape index (κ1) is 21.8. The molecule has 0 bridgehead atoms. The molecule has 1 amide bonds. The number of amides is 1. The summed E-state index contributed by atoms with van der Waals surface area (Å²) in [5, 5.41) is 19.4. The molecule has 0 spiro atoms. The van der Waals surface area contributed by atoms with Gasteiger partial charge in [-0.05, 0) is 41.8 Å². The molecule has 0 radical (unpaired) electrons. The lowest BCUT2D eigenvalue weighted by atomic mass is 10.2. The second-order valence-electron chi connectivity index (χ2n) is 6.52. The van der Waals surface area contributed by atoms with Crippen LogP contribution in [0, 0.1) is 15.9 Å². The third kappa shape index (κ3) is 4.91. The first-order chi connectivity index (χ1) is 15.9. The minimum absolute atomic E-state index is 0.0257. The predicted octanol–water partition coefficient (Wildman–Crippen LogP) is 3.84.